The van der Waals surface area contributed by atoms with Gasteiger partial charge in [0, 0.05) is 31.0 Å². The second-order valence-corrected chi connectivity index (χ2v) is 6.51. The van der Waals surface area contributed by atoms with Crippen LogP contribution in [0.25, 0.3) is 0 Å². The summed E-state index contributed by atoms with van der Waals surface area (Å²) < 4.78 is 34.0. The minimum absolute atomic E-state index is 0.0852. The zero-order valence-corrected chi connectivity index (χ0v) is 13.2. The van der Waals surface area contributed by atoms with Crippen LogP contribution >= 0.6 is 0 Å². The van der Waals surface area contributed by atoms with Crippen molar-refractivity contribution >= 4 is 10.0 Å². The van der Waals surface area contributed by atoms with Crippen LogP contribution in [-0.2, 0) is 29.7 Å². The highest BCUT2D eigenvalue weighted by molar-refractivity contribution is 7.89. The summed E-state index contributed by atoms with van der Waals surface area (Å²) in [5.74, 6) is 0.487. The third kappa shape index (κ3) is 3.72. The lowest BCUT2D eigenvalue weighted by atomic mass is 10.4. The van der Waals surface area contributed by atoms with Crippen molar-refractivity contribution in [2.45, 2.75) is 38.4 Å². The molecule has 0 spiro atoms. The van der Waals surface area contributed by atoms with Gasteiger partial charge in [0.1, 0.15) is 0 Å². The molecule has 2 aromatic heterocycles. The van der Waals surface area contributed by atoms with Gasteiger partial charge in [-0.2, -0.15) is 0 Å². The fourth-order valence-electron chi connectivity index (χ4n) is 2.05. The molecular formula is C13H20N4O3S. The van der Waals surface area contributed by atoms with Gasteiger partial charge in [0.25, 0.3) is 0 Å². The first kappa shape index (κ1) is 15.7. The van der Waals surface area contributed by atoms with Gasteiger partial charge in [-0.05, 0) is 27.0 Å². The maximum atomic E-state index is 12.3. The van der Waals surface area contributed by atoms with Crippen LogP contribution in [0.4, 0.5) is 0 Å². The van der Waals surface area contributed by atoms with Gasteiger partial charge in [-0.25, -0.2) is 13.1 Å². The Balaban J connectivity index is 2.15. The third-order valence-corrected chi connectivity index (χ3v) is 4.45. The van der Waals surface area contributed by atoms with Crippen LogP contribution in [0, 0.1) is 6.92 Å². The molecule has 21 heavy (non-hydrogen) atoms. The van der Waals surface area contributed by atoms with Crippen LogP contribution in [0.15, 0.2) is 27.7 Å². The average Bonchev–Trinajstić information content (AvgIpc) is 3.04. The Hall–Kier alpha value is -1.64. The largest absolute Gasteiger partial charge is 0.360 e. The van der Waals surface area contributed by atoms with Gasteiger partial charge >= 0.3 is 0 Å². The van der Waals surface area contributed by atoms with Crippen molar-refractivity contribution in [3.63, 3.8) is 0 Å². The number of hydrogen-bond donors (Lipinski definition) is 2. The monoisotopic (exact) mass is 312 g/mol. The molecule has 0 atom stereocenters. The molecule has 0 aromatic carbocycles. The van der Waals surface area contributed by atoms with Crippen LogP contribution in [0.5, 0.6) is 0 Å². The second kappa shape index (κ2) is 6.42. The first-order valence-corrected chi connectivity index (χ1v) is 8.20. The van der Waals surface area contributed by atoms with Gasteiger partial charge in [-0.15, -0.1) is 0 Å². The van der Waals surface area contributed by atoms with Crippen LogP contribution in [-0.4, -0.2) is 25.2 Å². The summed E-state index contributed by atoms with van der Waals surface area (Å²) in [6.07, 6.45) is 1.64. The lowest BCUT2D eigenvalue weighted by molar-refractivity contribution is 0.377. The van der Waals surface area contributed by atoms with Crippen molar-refractivity contribution < 1.29 is 12.9 Å². The molecule has 0 radical (unpaired) electrons. The Kier molecular flexibility index (Phi) is 4.81. The van der Waals surface area contributed by atoms with E-state index in [4.69, 9.17) is 4.52 Å². The minimum Gasteiger partial charge on any atom is -0.360 e. The highest BCUT2D eigenvalue weighted by Gasteiger charge is 2.18. The zero-order chi connectivity index (χ0) is 15.5. The van der Waals surface area contributed by atoms with Crippen molar-refractivity contribution in [2.75, 3.05) is 7.05 Å². The zero-order valence-electron chi connectivity index (χ0n) is 12.4. The molecule has 0 fully saturated rings. The SMILES string of the molecule is CCn1cc(S(=O)(=O)NCc2cc(C)no2)cc1CNC. The van der Waals surface area contributed by atoms with Crippen LogP contribution in [0.2, 0.25) is 0 Å². The van der Waals surface area contributed by atoms with Crippen molar-refractivity contribution in [3.05, 3.63) is 35.5 Å². The van der Waals surface area contributed by atoms with Gasteiger partial charge in [0.2, 0.25) is 10.0 Å². The predicted molar refractivity (Wildman–Crippen MR) is 78.1 cm³/mol. The standard InChI is InChI=1S/C13H20N4O3S/c1-4-17-9-13(6-11(17)7-14-3)21(18,19)15-8-12-5-10(2)16-20-12/h5-6,9,14-15H,4,7-8H2,1-3H3. The Morgan fingerprint density at radius 1 is 1.33 bits per heavy atom. The quantitative estimate of drug-likeness (QED) is 0.796. The summed E-state index contributed by atoms with van der Waals surface area (Å²) >= 11 is 0. The van der Waals surface area contributed by atoms with Crippen molar-refractivity contribution in [1.82, 2.24) is 19.8 Å². The predicted octanol–water partition coefficient (Wildman–Crippen LogP) is 1.00. The van der Waals surface area contributed by atoms with Crippen LogP contribution in [0.1, 0.15) is 24.1 Å². The number of rotatable bonds is 7. The lowest BCUT2D eigenvalue weighted by Gasteiger charge is -2.03. The van der Waals surface area contributed by atoms with E-state index in [1.54, 1.807) is 25.3 Å². The van der Waals surface area contributed by atoms with Gasteiger partial charge in [0.05, 0.1) is 17.1 Å². The fourth-order valence-corrected chi connectivity index (χ4v) is 3.10. The molecule has 2 aromatic rings. The normalized spacial score (nSPS) is 12.0. The molecular weight excluding hydrogens is 292 g/mol. The molecule has 0 aliphatic carbocycles. The van der Waals surface area contributed by atoms with Gasteiger partial charge in [0.15, 0.2) is 5.76 Å². The number of aromatic nitrogens is 2. The number of nitrogens with zero attached hydrogens (tertiary/aromatic N) is 2. The van der Waals surface area contributed by atoms with E-state index in [0.717, 1.165) is 11.4 Å². The van der Waals surface area contributed by atoms with Gasteiger partial charge in [-0.3, -0.25) is 0 Å². The maximum absolute atomic E-state index is 12.3. The topological polar surface area (TPSA) is 89.2 Å². The summed E-state index contributed by atoms with van der Waals surface area (Å²) in [6.45, 7) is 5.17. The molecule has 0 aliphatic rings. The smallest absolute Gasteiger partial charge is 0.242 e. The van der Waals surface area contributed by atoms with E-state index in [1.165, 1.54) is 0 Å². The average molecular weight is 312 g/mol. The Bertz CT molecular complexity index is 703. The fraction of sp³-hybridized carbons (Fsp3) is 0.462. The Morgan fingerprint density at radius 3 is 2.67 bits per heavy atom. The molecule has 2 rings (SSSR count). The molecule has 0 bridgehead atoms. The molecule has 7 nitrogen and oxygen atoms in total. The molecule has 0 saturated heterocycles. The summed E-state index contributed by atoms with van der Waals surface area (Å²) in [5.41, 5.74) is 1.65. The first-order valence-electron chi connectivity index (χ1n) is 6.71. The van der Waals surface area contributed by atoms with Crippen LogP contribution < -0.4 is 10.0 Å². The minimum atomic E-state index is -3.57. The molecule has 8 heteroatoms. The molecule has 2 heterocycles. The van der Waals surface area contributed by atoms with E-state index in [-0.39, 0.29) is 11.4 Å². The Morgan fingerprint density at radius 2 is 2.10 bits per heavy atom. The van der Waals surface area contributed by atoms with E-state index in [2.05, 4.69) is 15.2 Å². The highest BCUT2D eigenvalue weighted by Crippen LogP contribution is 2.15. The Labute approximate surface area is 124 Å². The number of sulfonamides is 1. The van der Waals surface area contributed by atoms with E-state index >= 15 is 0 Å². The van der Waals surface area contributed by atoms with Crippen molar-refractivity contribution in [3.8, 4) is 0 Å². The highest BCUT2D eigenvalue weighted by atomic mass is 32.2. The summed E-state index contributed by atoms with van der Waals surface area (Å²) in [5, 5.41) is 6.75. The summed E-state index contributed by atoms with van der Waals surface area (Å²) in [7, 11) is -1.74. The maximum Gasteiger partial charge on any atom is 0.242 e. The van der Waals surface area contributed by atoms with E-state index in [9.17, 15) is 8.42 Å². The molecule has 0 amide bonds. The summed E-state index contributed by atoms with van der Waals surface area (Å²) in [4.78, 5) is 0.255. The van der Waals surface area contributed by atoms with E-state index < -0.39 is 10.0 Å². The summed E-state index contributed by atoms with van der Waals surface area (Å²) in [6, 6.07) is 3.38. The molecule has 116 valence electrons. The van der Waals surface area contributed by atoms with E-state index in [1.807, 2.05) is 18.5 Å². The van der Waals surface area contributed by atoms with E-state index in [0.29, 0.717) is 18.8 Å². The molecule has 0 unspecified atom stereocenters. The van der Waals surface area contributed by atoms with Gasteiger partial charge in [-0.1, -0.05) is 5.16 Å². The molecule has 0 saturated carbocycles. The van der Waals surface area contributed by atoms with Crippen molar-refractivity contribution in [1.29, 1.82) is 0 Å². The lowest BCUT2D eigenvalue weighted by Crippen LogP contribution is -2.22. The third-order valence-electron chi connectivity index (χ3n) is 3.08. The molecule has 0 aliphatic heterocycles. The first-order chi connectivity index (χ1) is 9.96. The number of hydrogen-bond acceptors (Lipinski definition) is 5. The number of nitrogens with one attached hydrogen (secondary N) is 2. The number of aryl methyl sites for hydroxylation is 2. The van der Waals surface area contributed by atoms with Crippen LogP contribution in [0.3, 0.4) is 0 Å². The van der Waals surface area contributed by atoms with Crippen molar-refractivity contribution in [2.24, 2.45) is 0 Å². The molecule has 2 N–H and O–H groups in total. The second-order valence-electron chi connectivity index (χ2n) is 4.74. The van der Waals surface area contributed by atoms with Gasteiger partial charge < -0.3 is 14.4 Å².